The van der Waals surface area contributed by atoms with Gasteiger partial charge in [-0.05, 0) is 35.1 Å². The van der Waals surface area contributed by atoms with E-state index in [-0.39, 0.29) is 11.5 Å². The predicted molar refractivity (Wildman–Crippen MR) is 84.7 cm³/mol. The van der Waals surface area contributed by atoms with Crippen LogP contribution in [-0.4, -0.2) is 4.98 Å². The smallest absolute Gasteiger partial charge is 0.0451 e. The highest BCUT2D eigenvalue weighted by Gasteiger charge is 2.21. The maximum Gasteiger partial charge on any atom is 0.0451 e. The van der Waals surface area contributed by atoms with Crippen LogP contribution in [0.25, 0.3) is 0 Å². The molecule has 0 bridgehead atoms. The van der Waals surface area contributed by atoms with Crippen molar-refractivity contribution in [3.63, 3.8) is 0 Å². The topological polar surface area (TPSA) is 38.9 Å². The quantitative estimate of drug-likeness (QED) is 0.916. The summed E-state index contributed by atoms with van der Waals surface area (Å²) in [5.74, 6) is 0. The standard InChI is InChI=1S/C18H24N2/c1-13-8-7-11-20-17(13)12-16(19)14-9-5-6-10-15(14)18(2,3)4/h5-11,16H,12,19H2,1-4H3. The van der Waals surface area contributed by atoms with Crippen molar-refractivity contribution >= 4 is 0 Å². The fourth-order valence-corrected chi connectivity index (χ4v) is 2.55. The third-order valence-electron chi connectivity index (χ3n) is 3.70. The van der Waals surface area contributed by atoms with Crippen molar-refractivity contribution in [3.8, 4) is 0 Å². The van der Waals surface area contributed by atoms with Gasteiger partial charge < -0.3 is 5.73 Å². The first-order chi connectivity index (χ1) is 9.39. The zero-order valence-electron chi connectivity index (χ0n) is 12.9. The highest BCUT2D eigenvalue weighted by atomic mass is 14.7. The van der Waals surface area contributed by atoms with Crippen molar-refractivity contribution < 1.29 is 0 Å². The summed E-state index contributed by atoms with van der Waals surface area (Å²) in [6, 6.07) is 12.5. The molecule has 0 aliphatic rings. The molecule has 0 aliphatic heterocycles. The second-order valence-corrected chi connectivity index (χ2v) is 6.41. The van der Waals surface area contributed by atoms with E-state index in [9.17, 15) is 0 Å². The molecule has 0 radical (unpaired) electrons. The van der Waals surface area contributed by atoms with Crippen LogP contribution in [0.4, 0.5) is 0 Å². The van der Waals surface area contributed by atoms with E-state index in [0.29, 0.717) is 0 Å². The summed E-state index contributed by atoms with van der Waals surface area (Å²) >= 11 is 0. The lowest BCUT2D eigenvalue weighted by molar-refractivity contribution is 0.567. The maximum atomic E-state index is 6.45. The molecule has 1 atom stereocenters. The van der Waals surface area contributed by atoms with Crippen molar-refractivity contribution in [2.24, 2.45) is 5.73 Å². The fourth-order valence-electron chi connectivity index (χ4n) is 2.55. The van der Waals surface area contributed by atoms with E-state index < -0.39 is 0 Å². The Kier molecular flexibility index (Phi) is 4.24. The second-order valence-electron chi connectivity index (χ2n) is 6.41. The van der Waals surface area contributed by atoms with Crippen LogP contribution in [0, 0.1) is 6.92 Å². The summed E-state index contributed by atoms with van der Waals surface area (Å²) in [6.45, 7) is 8.77. The minimum absolute atomic E-state index is 0.0148. The van der Waals surface area contributed by atoms with Crippen LogP contribution in [0.15, 0.2) is 42.6 Å². The zero-order valence-corrected chi connectivity index (χ0v) is 12.9. The summed E-state index contributed by atoms with van der Waals surface area (Å²) in [5.41, 5.74) is 11.4. The maximum absolute atomic E-state index is 6.45. The van der Waals surface area contributed by atoms with Crippen molar-refractivity contribution in [3.05, 3.63) is 65.0 Å². The molecule has 2 N–H and O–H groups in total. The molecule has 1 heterocycles. The van der Waals surface area contributed by atoms with Crippen LogP contribution < -0.4 is 5.73 Å². The summed E-state index contributed by atoms with van der Waals surface area (Å²) in [7, 11) is 0. The van der Waals surface area contributed by atoms with E-state index in [4.69, 9.17) is 5.73 Å². The molecular weight excluding hydrogens is 244 g/mol. The molecular formula is C18H24N2. The Balaban J connectivity index is 2.31. The lowest BCUT2D eigenvalue weighted by atomic mass is 9.81. The lowest BCUT2D eigenvalue weighted by Crippen LogP contribution is -2.21. The van der Waals surface area contributed by atoms with Crippen molar-refractivity contribution in [2.75, 3.05) is 0 Å². The molecule has 1 aromatic heterocycles. The number of rotatable bonds is 3. The third kappa shape index (κ3) is 3.26. The van der Waals surface area contributed by atoms with Gasteiger partial charge in [0.1, 0.15) is 0 Å². The van der Waals surface area contributed by atoms with E-state index in [1.165, 1.54) is 16.7 Å². The van der Waals surface area contributed by atoms with Gasteiger partial charge >= 0.3 is 0 Å². The van der Waals surface area contributed by atoms with Gasteiger partial charge in [0, 0.05) is 24.4 Å². The van der Waals surface area contributed by atoms with E-state index in [1.54, 1.807) is 0 Å². The first kappa shape index (κ1) is 14.7. The molecule has 1 unspecified atom stereocenters. The molecule has 20 heavy (non-hydrogen) atoms. The van der Waals surface area contributed by atoms with Gasteiger partial charge in [0.15, 0.2) is 0 Å². The first-order valence-electron chi connectivity index (χ1n) is 7.15. The van der Waals surface area contributed by atoms with Crippen LogP contribution in [0.5, 0.6) is 0 Å². The summed E-state index contributed by atoms with van der Waals surface area (Å²) in [5, 5.41) is 0. The van der Waals surface area contributed by atoms with Gasteiger partial charge in [-0.2, -0.15) is 0 Å². The van der Waals surface area contributed by atoms with Gasteiger partial charge in [-0.25, -0.2) is 0 Å². The Bertz CT molecular complexity index is 582. The molecule has 0 amide bonds. The molecule has 0 fully saturated rings. The molecule has 0 spiro atoms. The second kappa shape index (κ2) is 5.76. The van der Waals surface area contributed by atoms with Crippen LogP contribution in [0.1, 0.15) is 49.2 Å². The minimum atomic E-state index is -0.0148. The van der Waals surface area contributed by atoms with Crippen molar-refractivity contribution in [1.82, 2.24) is 4.98 Å². The molecule has 2 aromatic rings. The number of pyridine rings is 1. The third-order valence-corrected chi connectivity index (χ3v) is 3.70. The van der Waals surface area contributed by atoms with E-state index in [0.717, 1.165) is 12.1 Å². The number of aryl methyl sites for hydroxylation is 1. The Morgan fingerprint density at radius 1 is 1.10 bits per heavy atom. The molecule has 1 aromatic carbocycles. The summed E-state index contributed by atoms with van der Waals surface area (Å²) in [6.07, 6.45) is 2.62. The molecule has 0 saturated carbocycles. The Labute approximate surface area is 122 Å². The van der Waals surface area contributed by atoms with Crippen molar-refractivity contribution in [1.29, 1.82) is 0 Å². The lowest BCUT2D eigenvalue weighted by Gasteiger charge is -2.26. The Morgan fingerprint density at radius 2 is 1.80 bits per heavy atom. The van der Waals surface area contributed by atoms with Crippen LogP contribution in [0.2, 0.25) is 0 Å². The van der Waals surface area contributed by atoms with E-state index >= 15 is 0 Å². The Morgan fingerprint density at radius 3 is 2.45 bits per heavy atom. The highest BCUT2D eigenvalue weighted by Crippen LogP contribution is 2.30. The van der Waals surface area contributed by atoms with Crippen molar-refractivity contribution in [2.45, 2.75) is 45.6 Å². The minimum Gasteiger partial charge on any atom is -0.324 e. The zero-order chi connectivity index (χ0) is 14.8. The number of benzene rings is 1. The number of nitrogens with two attached hydrogens (primary N) is 1. The molecule has 2 nitrogen and oxygen atoms in total. The monoisotopic (exact) mass is 268 g/mol. The predicted octanol–water partition coefficient (Wildman–Crippen LogP) is 3.93. The van der Waals surface area contributed by atoms with Gasteiger partial charge in [-0.15, -0.1) is 0 Å². The SMILES string of the molecule is Cc1cccnc1CC(N)c1ccccc1C(C)(C)C. The molecule has 2 rings (SSSR count). The fraction of sp³-hybridized carbons (Fsp3) is 0.389. The Hall–Kier alpha value is -1.67. The number of aromatic nitrogens is 1. The van der Waals surface area contributed by atoms with Gasteiger partial charge in [-0.1, -0.05) is 51.1 Å². The number of hydrogen-bond acceptors (Lipinski definition) is 2. The van der Waals surface area contributed by atoms with Gasteiger partial charge in [0.05, 0.1) is 0 Å². The van der Waals surface area contributed by atoms with Gasteiger partial charge in [0.25, 0.3) is 0 Å². The normalized spacial score (nSPS) is 13.2. The van der Waals surface area contributed by atoms with Crippen LogP contribution >= 0.6 is 0 Å². The number of hydrogen-bond donors (Lipinski definition) is 1. The van der Waals surface area contributed by atoms with Crippen LogP contribution in [0.3, 0.4) is 0 Å². The summed E-state index contributed by atoms with van der Waals surface area (Å²) < 4.78 is 0. The molecule has 106 valence electrons. The molecule has 0 aliphatic carbocycles. The van der Waals surface area contributed by atoms with E-state index in [1.807, 2.05) is 12.3 Å². The van der Waals surface area contributed by atoms with Crippen LogP contribution in [-0.2, 0) is 11.8 Å². The molecule has 0 saturated heterocycles. The molecule has 2 heteroatoms. The number of nitrogens with zero attached hydrogens (tertiary/aromatic N) is 1. The summed E-state index contributed by atoms with van der Waals surface area (Å²) in [4.78, 5) is 4.46. The average molecular weight is 268 g/mol. The first-order valence-corrected chi connectivity index (χ1v) is 7.15. The van der Waals surface area contributed by atoms with Gasteiger partial charge in [-0.3, -0.25) is 4.98 Å². The van der Waals surface area contributed by atoms with Gasteiger partial charge in [0.2, 0.25) is 0 Å². The average Bonchev–Trinajstić information content (AvgIpc) is 2.40. The van der Waals surface area contributed by atoms with E-state index in [2.05, 4.69) is 63.0 Å². The highest BCUT2D eigenvalue weighted by molar-refractivity contribution is 5.36. The largest absolute Gasteiger partial charge is 0.324 e.